The Labute approximate surface area is 162 Å². The first-order valence-corrected chi connectivity index (χ1v) is 9.91. The van der Waals surface area contributed by atoms with Crippen LogP contribution >= 0.6 is 11.3 Å². The lowest BCUT2D eigenvalue weighted by Gasteiger charge is -2.23. The predicted molar refractivity (Wildman–Crippen MR) is 110 cm³/mol. The van der Waals surface area contributed by atoms with Gasteiger partial charge in [0.1, 0.15) is 11.6 Å². The van der Waals surface area contributed by atoms with Crippen LogP contribution in [0.3, 0.4) is 0 Å². The van der Waals surface area contributed by atoms with Crippen molar-refractivity contribution < 1.29 is 4.39 Å². The second kappa shape index (κ2) is 8.41. The summed E-state index contributed by atoms with van der Waals surface area (Å²) >= 11 is 1.56. The maximum absolute atomic E-state index is 13.0. The number of anilines is 2. The molecule has 0 spiro atoms. The summed E-state index contributed by atoms with van der Waals surface area (Å²) in [4.78, 5) is 9.88. The van der Waals surface area contributed by atoms with Gasteiger partial charge in [0.2, 0.25) is 0 Å². The van der Waals surface area contributed by atoms with Crippen molar-refractivity contribution in [3.63, 3.8) is 0 Å². The number of thiazole rings is 1. The summed E-state index contributed by atoms with van der Waals surface area (Å²) in [5.41, 5.74) is 2.29. The molecule has 3 aromatic rings. The average molecular weight is 380 g/mol. The van der Waals surface area contributed by atoms with Gasteiger partial charge in [-0.3, -0.25) is 0 Å². The summed E-state index contributed by atoms with van der Waals surface area (Å²) in [6.07, 6.45) is 9.95. The molecule has 2 N–H and O–H groups in total. The van der Waals surface area contributed by atoms with E-state index in [4.69, 9.17) is 0 Å². The third-order valence-electron chi connectivity index (χ3n) is 4.66. The molecule has 0 unspecified atom stereocenters. The highest BCUT2D eigenvalue weighted by atomic mass is 32.1. The minimum Gasteiger partial charge on any atom is -0.317 e. The number of piperidine rings is 1. The zero-order valence-electron chi connectivity index (χ0n) is 14.9. The Morgan fingerprint density at radius 3 is 2.70 bits per heavy atom. The number of pyridine rings is 1. The number of benzene rings is 1. The van der Waals surface area contributed by atoms with Gasteiger partial charge in [0.25, 0.3) is 0 Å². The number of aromatic nitrogens is 2. The molecule has 1 fully saturated rings. The number of rotatable bonds is 5. The van der Waals surface area contributed by atoms with Crippen LogP contribution in [0, 0.1) is 5.82 Å². The van der Waals surface area contributed by atoms with Crippen molar-refractivity contribution in [2.75, 3.05) is 18.4 Å². The highest BCUT2D eigenvalue weighted by Crippen LogP contribution is 2.28. The second-order valence-electron chi connectivity index (χ2n) is 6.58. The summed E-state index contributed by atoms with van der Waals surface area (Å²) in [6.45, 7) is 2.15. The van der Waals surface area contributed by atoms with E-state index in [0.29, 0.717) is 5.92 Å². The maximum Gasteiger partial charge on any atom is 0.188 e. The number of nitrogens with zero attached hydrogens (tertiary/aromatic N) is 2. The smallest absolute Gasteiger partial charge is 0.188 e. The van der Waals surface area contributed by atoms with Gasteiger partial charge in [-0.25, -0.2) is 14.4 Å². The van der Waals surface area contributed by atoms with Crippen LogP contribution in [-0.4, -0.2) is 23.1 Å². The van der Waals surface area contributed by atoms with Gasteiger partial charge >= 0.3 is 0 Å². The van der Waals surface area contributed by atoms with Gasteiger partial charge in [0.15, 0.2) is 5.13 Å². The van der Waals surface area contributed by atoms with E-state index in [1.165, 1.54) is 30.5 Å². The lowest BCUT2D eigenvalue weighted by molar-refractivity contribution is 0.460. The van der Waals surface area contributed by atoms with Crippen LogP contribution in [0.15, 0.2) is 48.8 Å². The number of hydrogen-bond acceptors (Lipinski definition) is 5. The largest absolute Gasteiger partial charge is 0.317 e. The van der Waals surface area contributed by atoms with Crippen LogP contribution in [0.5, 0.6) is 0 Å². The number of nitrogens with one attached hydrogen (secondary N) is 2. The summed E-state index contributed by atoms with van der Waals surface area (Å²) in [7, 11) is 0. The molecule has 0 bridgehead atoms. The van der Waals surface area contributed by atoms with Crippen LogP contribution in [0.1, 0.15) is 34.8 Å². The van der Waals surface area contributed by atoms with E-state index in [-0.39, 0.29) is 5.82 Å². The zero-order chi connectivity index (χ0) is 18.5. The Kier molecular flexibility index (Phi) is 5.55. The van der Waals surface area contributed by atoms with Crippen molar-refractivity contribution in [2.45, 2.75) is 18.8 Å². The van der Waals surface area contributed by atoms with Crippen LogP contribution in [-0.2, 0) is 0 Å². The molecule has 4 rings (SSSR count). The molecule has 138 valence electrons. The molecular weight excluding hydrogens is 359 g/mol. The summed E-state index contributed by atoms with van der Waals surface area (Å²) < 4.78 is 13.0. The molecular formula is C21H21FN4S. The first-order valence-electron chi connectivity index (χ1n) is 9.09. The maximum atomic E-state index is 13.0. The van der Waals surface area contributed by atoms with E-state index < -0.39 is 0 Å². The molecule has 1 aliphatic heterocycles. The lowest BCUT2D eigenvalue weighted by Crippen LogP contribution is -2.26. The van der Waals surface area contributed by atoms with Crippen LogP contribution < -0.4 is 10.6 Å². The quantitative estimate of drug-likeness (QED) is 0.650. The van der Waals surface area contributed by atoms with E-state index in [2.05, 4.69) is 32.7 Å². The normalized spacial score (nSPS) is 15.3. The van der Waals surface area contributed by atoms with Crippen molar-refractivity contribution in [1.29, 1.82) is 0 Å². The van der Waals surface area contributed by atoms with Crippen LogP contribution in [0.25, 0.3) is 12.2 Å². The molecule has 4 nitrogen and oxygen atoms in total. The van der Waals surface area contributed by atoms with E-state index in [1.54, 1.807) is 23.5 Å². The van der Waals surface area contributed by atoms with Crippen molar-refractivity contribution >= 4 is 34.4 Å². The SMILES string of the molecule is Fc1ccc(/C=C/c2cnc(Nc3cc(C4CCNCC4)ccn3)s2)cc1. The monoisotopic (exact) mass is 380 g/mol. The molecule has 0 amide bonds. The Bertz CT molecular complexity index is 914. The Morgan fingerprint density at radius 1 is 1.07 bits per heavy atom. The first-order chi connectivity index (χ1) is 13.3. The van der Waals surface area contributed by atoms with Crippen LogP contribution in [0.4, 0.5) is 15.3 Å². The first kappa shape index (κ1) is 17.8. The van der Waals surface area contributed by atoms with Gasteiger partial charge in [-0.15, -0.1) is 0 Å². The third-order valence-corrected chi connectivity index (χ3v) is 5.54. The molecule has 0 radical (unpaired) electrons. The van der Waals surface area contributed by atoms with E-state index in [0.717, 1.165) is 34.5 Å². The summed E-state index contributed by atoms with van der Waals surface area (Å²) in [6, 6.07) is 10.7. The van der Waals surface area contributed by atoms with Crippen molar-refractivity contribution in [3.05, 3.63) is 70.6 Å². The fourth-order valence-electron chi connectivity index (χ4n) is 3.21. The molecule has 6 heteroatoms. The Morgan fingerprint density at radius 2 is 1.89 bits per heavy atom. The minimum absolute atomic E-state index is 0.226. The van der Waals surface area contributed by atoms with Crippen LogP contribution in [0.2, 0.25) is 0 Å². The molecule has 3 heterocycles. The fraction of sp³-hybridized carbons (Fsp3) is 0.238. The van der Waals surface area contributed by atoms with Gasteiger partial charge < -0.3 is 10.6 Å². The molecule has 1 aliphatic rings. The van der Waals surface area contributed by atoms with E-state index in [9.17, 15) is 4.39 Å². The molecule has 1 aromatic carbocycles. The molecule has 1 saturated heterocycles. The van der Waals surface area contributed by atoms with Gasteiger partial charge in [-0.05, 0) is 73.3 Å². The summed E-state index contributed by atoms with van der Waals surface area (Å²) in [5, 5.41) is 7.52. The lowest BCUT2D eigenvalue weighted by atomic mass is 9.91. The highest BCUT2D eigenvalue weighted by molar-refractivity contribution is 7.16. The van der Waals surface area contributed by atoms with Crippen molar-refractivity contribution in [1.82, 2.24) is 15.3 Å². The predicted octanol–water partition coefficient (Wildman–Crippen LogP) is 5.06. The Balaban J connectivity index is 1.42. The zero-order valence-corrected chi connectivity index (χ0v) is 15.7. The van der Waals surface area contributed by atoms with Gasteiger partial charge in [-0.2, -0.15) is 0 Å². The second-order valence-corrected chi connectivity index (χ2v) is 7.64. The molecule has 0 atom stereocenters. The third kappa shape index (κ3) is 4.78. The van der Waals surface area contributed by atoms with E-state index >= 15 is 0 Å². The molecule has 0 aliphatic carbocycles. The van der Waals surface area contributed by atoms with Gasteiger partial charge in [-0.1, -0.05) is 29.5 Å². The Hall–Kier alpha value is -2.57. The highest BCUT2D eigenvalue weighted by Gasteiger charge is 2.15. The molecule has 0 saturated carbocycles. The van der Waals surface area contributed by atoms with Crippen molar-refractivity contribution in [2.24, 2.45) is 0 Å². The standard InChI is InChI=1S/C21H21FN4S/c22-18-4-1-15(2-5-18)3-6-19-14-25-21(27-19)26-20-13-17(9-12-24-20)16-7-10-23-11-8-16/h1-6,9,12-14,16,23H,7-8,10-11H2,(H,24,25,26)/b6-3+. The minimum atomic E-state index is -0.226. The van der Waals surface area contributed by atoms with Gasteiger partial charge in [0.05, 0.1) is 0 Å². The number of hydrogen-bond donors (Lipinski definition) is 2. The topological polar surface area (TPSA) is 49.8 Å². The fourth-order valence-corrected chi connectivity index (χ4v) is 3.93. The molecule has 27 heavy (non-hydrogen) atoms. The average Bonchev–Trinajstić information content (AvgIpc) is 3.16. The van der Waals surface area contributed by atoms with Gasteiger partial charge in [0, 0.05) is 17.3 Å². The number of halogens is 1. The van der Waals surface area contributed by atoms with Crippen molar-refractivity contribution in [3.8, 4) is 0 Å². The summed E-state index contributed by atoms with van der Waals surface area (Å²) in [5.74, 6) is 1.20. The molecule has 2 aromatic heterocycles. The van der Waals surface area contributed by atoms with E-state index in [1.807, 2.05) is 24.5 Å².